The van der Waals surface area contributed by atoms with Gasteiger partial charge in [0, 0.05) is 27.5 Å². The monoisotopic (exact) mass is 335 g/mol. The Kier molecular flexibility index (Phi) is 4.40. The van der Waals surface area contributed by atoms with Crippen LogP contribution in [0.5, 0.6) is 0 Å². The predicted molar refractivity (Wildman–Crippen MR) is 107 cm³/mol. The summed E-state index contributed by atoms with van der Waals surface area (Å²) in [5.74, 6) is 0. The van der Waals surface area contributed by atoms with Crippen molar-refractivity contribution in [1.29, 1.82) is 0 Å². The normalized spacial score (nSPS) is 10.8. The number of anilines is 3. The van der Waals surface area contributed by atoms with E-state index in [4.69, 9.17) is 17.2 Å². The van der Waals surface area contributed by atoms with Gasteiger partial charge in [0.2, 0.25) is 0 Å². The van der Waals surface area contributed by atoms with Gasteiger partial charge in [0.05, 0.1) is 0 Å². The zero-order chi connectivity index (χ0) is 17.3. The number of benzene rings is 3. The fourth-order valence-corrected chi connectivity index (χ4v) is 3.47. The second kappa shape index (κ2) is 6.49. The maximum absolute atomic E-state index is 6.48. The average Bonchev–Trinajstić information content (AvgIpc) is 2.57. The minimum Gasteiger partial charge on any atom is -0.399 e. The number of nitrogen functional groups attached to an aromatic ring is 3. The zero-order valence-electron chi connectivity index (χ0n) is 13.8. The largest absolute Gasteiger partial charge is 0.399 e. The van der Waals surface area contributed by atoms with Gasteiger partial charge in [-0.25, -0.2) is 0 Å². The molecule has 0 spiro atoms. The highest BCUT2D eigenvalue weighted by molar-refractivity contribution is 7.98. The summed E-state index contributed by atoms with van der Waals surface area (Å²) < 4.78 is 0. The van der Waals surface area contributed by atoms with E-state index in [0.29, 0.717) is 0 Å². The lowest BCUT2D eigenvalue weighted by Gasteiger charge is -2.18. The van der Waals surface area contributed by atoms with Crippen LogP contribution in [-0.2, 0) is 0 Å². The number of aryl methyl sites for hydroxylation is 1. The lowest BCUT2D eigenvalue weighted by molar-refractivity contribution is 1.41. The van der Waals surface area contributed by atoms with Gasteiger partial charge in [-0.1, -0.05) is 24.3 Å². The number of hydrogen-bond acceptors (Lipinski definition) is 4. The van der Waals surface area contributed by atoms with E-state index in [1.807, 2.05) is 49.4 Å². The molecule has 0 aromatic heterocycles. The Bertz CT molecular complexity index is 903. The van der Waals surface area contributed by atoms with E-state index in [0.717, 1.165) is 49.8 Å². The average molecular weight is 335 g/mol. The zero-order valence-corrected chi connectivity index (χ0v) is 14.7. The van der Waals surface area contributed by atoms with Gasteiger partial charge in [-0.05, 0) is 65.8 Å². The summed E-state index contributed by atoms with van der Waals surface area (Å²) in [6.45, 7) is 2.02. The number of thioether (sulfide) groups is 1. The van der Waals surface area contributed by atoms with E-state index in [2.05, 4.69) is 18.4 Å². The fraction of sp³-hybridized carbons (Fsp3) is 0.100. The van der Waals surface area contributed by atoms with Gasteiger partial charge in [-0.15, -0.1) is 11.8 Å². The summed E-state index contributed by atoms with van der Waals surface area (Å²) >= 11 is 1.68. The summed E-state index contributed by atoms with van der Waals surface area (Å²) in [6, 6.07) is 18.0. The maximum Gasteiger partial charge on any atom is 0.0430 e. The van der Waals surface area contributed by atoms with Gasteiger partial charge in [0.15, 0.2) is 0 Å². The molecule has 0 fully saturated rings. The molecule has 4 heteroatoms. The third-order valence-corrected chi connectivity index (χ3v) is 4.95. The van der Waals surface area contributed by atoms with Gasteiger partial charge in [0.25, 0.3) is 0 Å². The van der Waals surface area contributed by atoms with Crippen molar-refractivity contribution in [2.24, 2.45) is 0 Å². The molecule has 0 unspecified atom stereocenters. The molecule has 3 nitrogen and oxygen atoms in total. The van der Waals surface area contributed by atoms with Crippen molar-refractivity contribution in [1.82, 2.24) is 0 Å². The van der Waals surface area contributed by atoms with Crippen LogP contribution in [0, 0.1) is 6.92 Å². The van der Waals surface area contributed by atoms with Crippen LogP contribution in [0.1, 0.15) is 5.56 Å². The molecule has 0 aliphatic rings. The highest BCUT2D eigenvalue weighted by Gasteiger charge is 2.16. The topological polar surface area (TPSA) is 78.1 Å². The third-order valence-electron chi connectivity index (χ3n) is 4.15. The molecule has 3 aromatic rings. The van der Waals surface area contributed by atoms with Crippen molar-refractivity contribution in [3.05, 3.63) is 60.2 Å². The summed E-state index contributed by atoms with van der Waals surface area (Å²) in [5.41, 5.74) is 26.0. The smallest absolute Gasteiger partial charge is 0.0430 e. The molecule has 3 aromatic carbocycles. The Balaban J connectivity index is 2.35. The molecule has 0 heterocycles. The van der Waals surface area contributed by atoms with E-state index in [9.17, 15) is 0 Å². The SMILES string of the molecule is CSc1ccc(N)cc1-c1c(-c2cccc(N)c2)ccc(C)c1N. The summed E-state index contributed by atoms with van der Waals surface area (Å²) in [7, 11) is 0. The van der Waals surface area contributed by atoms with E-state index >= 15 is 0 Å². The Morgan fingerprint density at radius 1 is 0.792 bits per heavy atom. The standard InChI is InChI=1S/C20H21N3S/c1-12-6-8-16(13-4-3-5-14(21)10-13)19(20(12)23)17-11-15(22)7-9-18(17)24-2/h3-11H,21-23H2,1-2H3. The van der Waals surface area contributed by atoms with Gasteiger partial charge in [0.1, 0.15) is 0 Å². The molecule has 0 radical (unpaired) electrons. The van der Waals surface area contributed by atoms with E-state index in [-0.39, 0.29) is 0 Å². The molecule has 0 amide bonds. The minimum absolute atomic E-state index is 0.724. The first-order chi connectivity index (χ1) is 11.5. The van der Waals surface area contributed by atoms with E-state index in [1.165, 1.54) is 0 Å². The van der Waals surface area contributed by atoms with Crippen LogP contribution in [0.4, 0.5) is 17.1 Å². The molecular weight excluding hydrogens is 314 g/mol. The first kappa shape index (κ1) is 16.3. The lowest BCUT2D eigenvalue weighted by Crippen LogP contribution is -1.99. The minimum atomic E-state index is 0.724. The van der Waals surface area contributed by atoms with Gasteiger partial charge in [-0.3, -0.25) is 0 Å². The van der Waals surface area contributed by atoms with Crippen LogP contribution in [-0.4, -0.2) is 6.26 Å². The molecule has 122 valence electrons. The van der Waals surface area contributed by atoms with Crippen LogP contribution in [0.3, 0.4) is 0 Å². The number of hydrogen-bond donors (Lipinski definition) is 3. The fourth-order valence-electron chi connectivity index (χ4n) is 2.88. The van der Waals surface area contributed by atoms with Crippen molar-refractivity contribution in [3.8, 4) is 22.3 Å². The van der Waals surface area contributed by atoms with E-state index in [1.54, 1.807) is 11.8 Å². The first-order valence-electron chi connectivity index (χ1n) is 7.70. The molecule has 0 saturated carbocycles. The highest BCUT2D eigenvalue weighted by atomic mass is 32.2. The molecule has 0 aliphatic heterocycles. The first-order valence-corrected chi connectivity index (χ1v) is 8.92. The van der Waals surface area contributed by atoms with Crippen molar-refractivity contribution in [3.63, 3.8) is 0 Å². The summed E-state index contributed by atoms with van der Waals surface area (Å²) in [5, 5.41) is 0. The van der Waals surface area contributed by atoms with Crippen molar-refractivity contribution < 1.29 is 0 Å². The van der Waals surface area contributed by atoms with Crippen LogP contribution in [0.15, 0.2) is 59.5 Å². The van der Waals surface area contributed by atoms with Crippen molar-refractivity contribution in [2.75, 3.05) is 23.5 Å². The lowest BCUT2D eigenvalue weighted by atomic mass is 9.90. The molecule has 24 heavy (non-hydrogen) atoms. The second-order valence-electron chi connectivity index (χ2n) is 5.80. The predicted octanol–water partition coefficient (Wildman–Crippen LogP) is 4.80. The van der Waals surface area contributed by atoms with Crippen LogP contribution in [0.25, 0.3) is 22.3 Å². The van der Waals surface area contributed by atoms with Crippen LogP contribution < -0.4 is 17.2 Å². The molecule has 3 rings (SSSR count). The highest BCUT2D eigenvalue weighted by Crippen LogP contribution is 2.42. The Hall–Kier alpha value is -2.59. The van der Waals surface area contributed by atoms with Gasteiger partial charge < -0.3 is 17.2 Å². The third kappa shape index (κ3) is 2.93. The van der Waals surface area contributed by atoms with Crippen molar-refractivity contribution in [2.45, 2.75) is 11.8 Å². The quantitative estimate of drug-likeness (QED) is 0.474. The molecular formula is C20H21N3S. The van der Waals surface area contributed by atoms with E-state index < -0.39 is 0 Å². The summed E-state index contributed by atoms with van der Waals surface area (Å²) in [6.07, 6.45) is 2.06. The number of rotatable bonds is 3. The maximum atomic E-state index is 6.48. The summed E-state index contributed by atoms with van der Waals surface area (Å²) in [4.78, 5) is 1.15. The Morgan fingerprint density at radius 2 is 1.54 bits per heavy atom. The van der Waals surface area contributed by atoms with Crippen molar-refractivity contribution >= 4 is 28.8 Å². The Labute approximate surface area is 146 Å². The Morgan fingerprint density at radius 3 is 2.25 bits per heavy atom. The molecule has 0 aliphatic carbocycles. The molecule has 0 atom stereocenters. The van der Waals surface area contributed by atoms with Gasteiger partial charge in [-0.2, -0.15) is 0 Å². The number of nitrogens with two attached hydrogens (primary N) is 3. The van der Waals surface area contributed by atoms with Crippen LogP contribution >= 0.6 is 11.8 Å². The van der Waals surface area contributed by atoms with Gasteiger partial charge >= 0.3 is 0 Å². The van der Waals surface area contributed by atoms with Crippen LogP contribution in [0.2, 0.25) is 0 Å². The molecule has 0 saturated heterocycles. The molecule has 6 N–H and O–H groups in total. The molecule has 0 bridgehead atoms. The second-order valence-corrected chi connectivity index (χ2v) is 6.65.